The molecule has 0 bridgehead atoms. The molecule has 5 nitrogen and oxygen atoms in total. The van der Waals surface area contributed by atoms with E-state index in [-0.39, 0.29) is 12.1 Å². The number of nitrogens with two attached hydrogens (primary N) is 1. The minimum atomic E-state index is -4.13. The number of benzene rings is 1. The Morgan fingerprint density at radius 2 is 1.95 bits per heavy atom. The highest BCUT2D eigenvalue weighted by Crippen LogP contribution is 2.20. The van der Waals surface area contributed by atoms with E-state index in [1.54, 1.807) is 6.92 Å². The van der Waals surface area contributed by atoms with Crippen LogP contribution < -0.4 is 10.5 Å². The number of nitrogens with zero attached hydrogens (tertiary/aromatic N) is 1. The maximum atomic E-state index is 13.7. The Hall–Kier alpha value is -1.09. The molecule has 3 N–H and O–H groups in total. The van der Waals surface area contributed by atoms with E-state index in [1.165, 1.54) is 0 Å². The maximum absolute atomic E-state index is 13.7. The highest BCUT2D eigenvalue weighted by atomic mass is 32.2. The number of hydrogen-bond donors (Lipinski definition) is 2. The van der Waals surface area contributed by atoms with Gasteiger partial charge >= 0.3 is 0 Å². The first-order valence-corrected chi connectivity index (χ1v) is 8.00. The standard InChI is InChI=1S/C13H21F2N3O2S/c1-9(4-5-18(2)3)17-21(19,20)12-7-10(8-16)6-11(14)13(12)15/h6-7,9,17H,4-5,8,16H2,1-3H3. The van der Waals surface area contributed by atoms with Gasteiger partial charge in [0.25, 0.3) is 0 Å². The molecule has 1 rings (SSSR count). The van der Waals surface area contributed by atoms with E-state index in [4.69, 9.17) is 5.73 Å². The molecule has 0 aliphatic heterocycles. The molecule has 0 aliphatic rings. The molecule has 0 fully saturated rings. The lowest BCUT2D eigenvalue weighted by Gasteiger charge is -2.17. The Morgan fingerprint density at radius 1 is 1.33 bits per heavy atom. The third-order valence-electron chi connectivity index (χ3n) is 2.95. The van der Waals surface area contributed by atoms with Crippen molar-refractivity contribution < 1.29 is 17.2 Å². The van der Waals surface area contributed by atoms with E-state index in [0.717, 1.165) is 12.1 Å². The van der Waals surface area contributed by atoms with Crippen molar-refractivity contribution >= 4 is 10.0 Å². The summed E-state index contributed by atoms with van der Waals surface area (Å²) < 4.78 is 53.8. The van der Waals surface area contributed by atoms with Gasteiger partial charge in [-0.2, -0.15) is 0 Å². The third-order valence-corrected chi connectivity index (χ3v) is 4.53. The molecule has 0 heterocycles. The predicted molar refractivity (Wildman–Crippen MR) is 77.2 cm³/mol. The summed E-state index contributed by atoms with van der Waals surface area (Å²) in [5, 5.41) is 0. The monoisotopic (exact) mass is 321 g/mol. The number of nitrogens with one attached hydrogen (secondary N) is 1. The smallest absolute Gasteiger partial charge is 0.243 e. The lowest BCUT2D eigenvalue weighted by Crippen LogP contribution is -2.35. The summed E-state index contributed by atoms with van der Waals surface area (Å²) in [6.45, 7) is 2.27. The molecule has 0 radical (unpaired) electrons. The van der Waals surface area contributed by atoms with E-state index in [2.05, 4.69) is 4.72 Å². The second-order valence-electron chi connectivity index (χ2n) is 5.21. The molecular weight excluding hydrogens is 300 g/mol. The van der Waals surface area contributed by atoms with Gasteiger partial charge in [0.15, 0.2) is 11.6 Å². The van der Waals surface area contributed by atoms with Gasteiger partial charge in [-0.3, -0.25) is 0 Å². The average molecular weight is 321 g/mol. The van der Waals surface area contributed by atoms with Crippen LogP contribution >= 0.6 is 0 Å². The molecule has 120 valence electrons. The van der Waals surface area contributed by atoms with Crippen LogP contribution in [0.25, 0.3) is 0 Å². The van der Waals surface area contributed by atoms with Crippen molar-refractivity contribution in [2.24, 2.45) is 5.73 Å². The Labute approximate surface area is 124 Å². The molecular formula is C13H21F2N3O2S. The first kappa shape index (κ1) is 18.0. The van der Waals surface area contributed by atoms with Crippen LogP contribution in [0.4, 0.5) is 8.78 Å². The van der Waals surface area contributed by atoms with Crippen LogP contribution in [-0.2, 0) is 16.6 Å². The molecule has 0 saturated carbocycles. The van der Waals surface area contributed by atoms with Gasteiger partial charge in [-0.15, -0.1) is 0 Å². The Balaban J connectivity index is 3.00. The lowest BCUT2D eigenvalue weighted by atomic mass is 10.2. The van der Waals surface area contributed by atoms with E-state index in [0.29, 0.717) is 13.0 Å². The zero-order chi connectivity index (χ0) is 16.2. The van der Waals surface area contributed by atoms with Crippen molar-refractivity contribution in [1.29, 1.82) is 0 Å². The molecule has 0 aliphatic carbocycles. The fourth-order valence-corrected chi connectivity index (χ4v) is 3.18. The zero-order valence-electron chi connectivity index (χ0n) is 12.4. The first-order valence-electron chi connectivity index (χ1n) is 6.52. The lowest BCUT2D eigenvalue weighted by molar-refractivity contribution is 0.378. The highest BCUT2D eigenvalue weighted by molar-refractivity contribution is 7.89. The number of halogens is 2. The Bertz CT molecular complexity index is 591. The summed E-state index contributed by atoms with van der Waals surface area (Å²) in [5.74, 6) is -2.61. The van der Waals surface area contributed by atoms with Gasteiger partial charge in [0.2, 0.25) is 10.0 Å². The van der Waals surface area contributed by atoms with Gasteiger partial charge in [0, 0.05) is 12.6 Å². The second kappa shape index (κ2) is 7.26. The van der Waals surface area contributed by atoms with Crippen LogP contribution in [0.1, 0.15) is 18.9 Å². The molecule has 0 spiro atoms. The van der Waals surface area contributed by atoms with Gasteiger partial charge < -0.3 is 10.6 Å². The summed E-state index contributed by atoms with van der Waals surface area (Å²) >= 11 is 0. The number of rotatable bonds is 7. The third kappa shape index (κ3) is 4.99. The maximum Gasteiger partial charge on any atom is 0.243 e. The van der Waals surface area contributed by atoms with Crippen LogP contribution in [0.2, 0.25) is 0 Å². The van der Waals surface area contributed by atoms with Gasteiger partial charge in [-0.05, 0) is 51.7 Å². The Morgan fingerprint density at radius 3 is 2.48 bits per heavy atom. The predicted octanol–water partition coefficient (Wildman–Crippen LogP) is 1.04. The number of hydrogen-bond acceptors (Lipinski definition) is 4. The number of sulfonamides is 1. The van der Waals surface area contributed by atoms with Crippen LogP contribution in [0.3, 0.4) is 0 Å². The summed E-state index contributed by atoms with van der Waals surface area (Å²) in [7, 11) is -0.408. The Kier molecular flexibility index (Phi) is 6.21. The molecule has 0 amide bonds. The van der Waals surface area contributed by atoms with Crippen molar-refractivity contribution in [3.05, 3.63) is 29.3 Å². The fraction of sp³-hybridized carbons (Fsp3) is 0.538. The molecule has 1 aromatic carbocycles. The van der Waals surface area contributed by atoms with Crippen molar-refractivity contribution in [3.8, 4) is 0 Å². The van der Waals surface area contributed by atoms with Gasteiger partial charge in [0.1, 0.15) is 4.90 Å². The molecule has 8 heteroatoms. The SMILES string of the molecule is CC(CCN(C)C)NS(=O)(=O)c1cc(CN)cc(F)c1F. The molecule has 21 heavy (non-hydrogen) atoms. The second-order valence-corrected chi connectivity index (χ2v) is 6.89. The topological polar surface area (TPSA) is 75.4 Å². The van der Waals surface area contributed by atoms with E-state index in [1.807, 2.05) is 19.0 Å². The first-order chi connectivity index (χ1) is 9.67. The largest absolute Gasteiger partial charge is 0.326 e. The summed E-state index contributed by atoms with van der Waals surface area (Å²) in [4.78, 5) is 1.19. The summed E-state index contributed by atoms with van der Waals surface area (Å²) in [6, 6.07) is 1.55. The molecule has 0 aromatic heterocycles. The molecule has 1 aromatic rings. The van der Waals surface area contributed by atoms with Crippen molar-refractivity contribution in [2.45, 2.75) is 30.8 Å². The molecule has 0 saturated heterocycles. The van der Waals surface area contributed by atoms with Crippen LogP contribution in [0, 0.1) is 11.6 Å². The van der Waals surface area contributed by atoms with Crippen molar-refractivity contribution in [1.82, 2.24) is 9.62 Å². The van der Waals surface area contributed by atoms with Gasteiger partial charge in [-0.1, -0.05) is 0 Å². The molecule has 1 unspecified atom stereocenters. The van der Waals surface area contributed by atoms with E-state index < -0.39 is 32.6 Å². The van der Waals surface area contributed by atoms with Gasteiger partial charge in [0.05, 0.1) is 0 Å². The van der Waals surface area contributed by atoms with Crippen LogP contribution in [0.15, 0.2) is 17.0 Å². The quantitative estimate of drug-likeness (QED) is 0.787. The zero-order valence-corrected chi connectivity index (χ0v) is 13.2. The van der Waals surface area contributed by atoms with Crippen LogP contribution in [0.5, 0.6) is 0 Å². The van der Waals surface area contributed by atoms with Gasteiger partial charge in [-0.25, -0.2) is 21.9 Å². The molecule has 1 atom stereocenters. The van der Waals surface area contributed by atoms with E-state index >= 15 is 0 Å². The highest BCUT2D eigenvalue weighted by Gasteiger charge is 2.24. The minimum absolute atomic E-state index is 0.0735. The summed E-state index contributed by atoms with van der Waals surface area (Å²) in [5.41, 5.74) is 5.57. The van der Waals surface area contributed by atoms with Crippen molar-refractivity contribution in [3.63, 3.8) is 0 Å². The fourth-order valence-electron chi connectivity index (χ4n) is 1.77. The minimum Gasteiger partial charge on any atom is -0.326 e. The van der Waals surface area contributed by atoms with Crippen molar-refractivity contribution in [2.75, 3.05) is 20.6 Å². The average Bonchev–Trinajstić information content (AvgIpc) is 2.38. The summed E-state index contributed by atoms with van der Waals surface area (Å²) in [6.07, 6.45) is 0.549. The van der Waals surface area contributed by atoms with E-state index in [9.17, 15) is 17.2 Å². The van der Waals surface area contributed by atoms with Crippen LogP contribution in [-0.4, -0.2) is 40.0 Å². The normalized spacial score (nSPS) is 13.7.